The van der Waals surface area contributed by atoms with E-state index in [0.717, 1.165) is 35.8 Å². The molecule has 0 unspecified atom stereocenters. The normalized spacial score (nSPS) is 14.7. The van der Waals surface area contributed by atoms with Gasteiger partial charge in [-0.15, -0.1) is 0 Å². The van der Waals surface area contributed by atoms with Gasteiger partial charge in [-0.25, -0.2) is 0 Å². The number of rotatable bonds is 9. The molecule has 1 heterocycles. The van der Waals surface area contributed by atoms with Gasteiger partial charge < -0.3 is 15.5 Å². The molecule has 2 amide bonds. The van der Waals surface area contributed by atoms with Gasteiger partial charge in [-0.3, -0.25) is 9.59 Å². The van der Waals surface area contributed by atoms with Gasteiger partial charge in [0.25, 0.3) is 11.8 Å². The molecule has 0 saturated heterocycles. The Morgan fingerprint density at radius 3 is 2.34 bits per heavy atom. The minimum atomic E-state index is -0.108. The number of hydrogen-bond acceptors (Lipinski definition) is 4. The molecule has 0 bridgehead atoms. The summed E-state index contributed by atoms with van der Waals surface area (Å²) in [5.41, 5.74) is 2.35. The highest BCUT2D eigenvalue weighted by Gasteiger charge is 2.20. The second kappa shape index (κ2) is 11.3. The number of carbonyl (C=O) groups is 2. The second-order valence-electron chi connectivity index (χ2n) is 8.99. The van der Waals surface area contributed by atoms with E-state index in [1.807, 2.05) is 42.5 Å². The predicted octanol–water partition coefficient (Wildman–Crippen LogP) is 5.12. The van der Waals surface area contributed by atoms with Gasteiger partial charge in [0.2, 0.25) is 0 Å². The molecule has 0 radical (unpaired) electrons. The summed E-state index contributed by atoms with van der Waals surface area (Å²) >= 11 is 1.46. The Balaban J connectivity index is 1.56. The van der Waals surface area contributed by atoms with Crippen molar-refractivity contribution in [3.05, 3.63) is 64.6 Å². The molecule has 0 aromatic heterocycles. The Hall–Kier alpha value is -2.57. The minimum Gasteiger partial charge on any atom is -0.351 e. The number of para-hydroxylation sites is 1. The van der Waals surface area contributed by atoms with Crippen molar-refractivity contribution >= 4 is 35.3 Å². The molecule has 2 N–H and O–H groups in total. The number of nitrogens with one attached hydrogen (secondary N) is 2. The van der Waals surface area contributed by atoms with Crippen LogP contribution in [0.25, 0.3) is 6.08 Å². The zero-order chi connectivity index (χ0) is 23.1. The van der Waals surface area contributed by atoms with Crippen molar-refractivity contribution in [3.63, 3.8) is 0 Å². The van der Waals surface area contributed by atoms with E-state index in [1.54, 1.807) is 12.1 Å². The predicted molar refractivity (Wildman–Crippen MR) is 134 cm³/mol. The van der Waals surface area contributed by atoms with Gasteiger partial charge >= 0.3 is 0 Å². The molecule has 0 fully saturated rings. The Morgan fingerprint density at radius 1 is 1.03 bits per heavy atom. The number of benzene rings is 2. The summed E-state index contributed by atoms with van der Waals surface area (Å²) in [7, 11) is 0. The number of amides is 2. The lowest BCUT2D eigenvalue weighted by atomic mass is 10.1. The molecule has 0 atom stereocenters. The summed E-state index contributed by atoms with van der Waals surface area (Å²) in [5.74, 6) is 1.02. The van der Waals surface area contributed by atoms with E-state index in [4.69, 9.17) is 0 Å². The molecule has 32 heavy (non-hydrogen) atoms. The van der Waals surface area contributed by atoms with Gasteiger partial charge in [-0.1, -0.05) is 63.7 Å². The Kier molecular flexibility index (Phi) is 8.53. The van der Waals surface area contributed by atoms with E-state index in [0.29, 0.717) is 28.8 Å². The first-order chi connectivity index (χ1) is 15.3. The fraction of sp³-hybridized carbons (Fsp3) is 0.385. The van der Waals surface area contributed by atoms with Gasteiger partial charge in [-0.05, 0) is 47.7 Å². The number of thioether (sulfide) groups is 1. The zero-order valence-electron chi connectivity index (χ0n) is 19.4. The molecule has 3 rings (SSSR count). The van der Waals surface area contributed by atoms with Crippen molar-refractivity contribution in [1.29, 1.82) is 0 Å². The molecule has 5 nitrogen and oxygen atoms in total. The van der Waals surface area contributed by atoms with Gasteiger partial charge in [0.1, 0.15) is 0 Å². The van der Waals surface area contributed by atoms with E-state index < -0.39 is 0 Å². The smallest absolute Gasteiger partial charge is 0.262 e. The van der Waals surface area contributed by atoms with Crippen molar-refractivity contribution in [2.75, 3.05) is 31.5 Å². The molecule has 2 aromatic carbocycles. The molecule has 2 aromatic rings. The largest absolute Gasteiger partial charge is 0.351 e. The van der Waals surface area contributed by atoms with Crippen LogP contribution in [0.5, 0.6) is 0 Å². The Morgan fingerprint density at radius 2 is 1.69 bits per heavy atom. The van der Waals surface area contributed by atoms with Crippen molar-refractivity contribution in [2.24, 2.45) is 11.8 Å². The molecular formula is C26H33N3O2S. The Labute approximate surface area is 195 Å². The lowest BCUT2D eigenvalue weighted by Crippen LogP contribution is -2.38. The number of nitrogens with zero attached hydrogens (tertiary/aromatic N) is 1. The van der Waals surface area contributed by atoms with Crippen LogP contribution in [0.4, 0.5) is 5.69 Å². The van der Waals surface area contributed by atoms with Crippen LogP contribution in [0, 0.1) is 11.8 Å². The lowest BCUT2D eigenvalue weighted by molar-refractivity contribution is -0.112. The van der Waals surface area contributed by atoms with Gasteiger partial charge in [0, 0.05) is 36.6 Å². The monoisotopic (exact) mass is 451 g/mol. The van der Waals surface area contributed by atoms with Crippen LogP contribution in [-0.4, -0.2) is 42.9 Å². The van der Waals surface area contributed by atoms with Crippen LogP contribution in [0.2, 0.25) is 0 Å². The van der Waals surface area contributed by atoms with Gasteiger partial charge in [0.05, 0.1) is 10.6 Å². The first-order valence-electron chi connectivity index (χ1n) is 11.2. The van der Waals surface area contributed by atoms with Crippen LogP contribution in [0.15, 0.2) is 58.3 Å². The van der Waals surface area contributed by atoms with Crippen LogP contribution in [0.3, 0.4) is 0 Å². The third kappa shape index (κ3) is 6.97. The molecule has 0 saturated carbocycles. The van der Waals surface area contributed by atoms with Crippen LogP contribution in [-0.2, 0) is 4.79 Å². The first-order valence-corrected chi connectivity index (χ1v) is 12.0. The summed E-state index contributed by atoms with van der Waals surface area (Å²) in [5, 5.41) is 5.95. The zero-order valence-corrected chi connectivity index (χ0v) is 20.2. The first kappa shape index (κ1) is 24.1. The maximum absolute atomic E-state index is 12.5. The average Bonchev–Trinajstić information content (AvgIpc) is 2.73. The fourth-order valence-electron chi connectivity index (χ4n) is 3.70. The third-order valence-corrected chi connectivity index (χ3v) is 6.11. The second-order valence-corrected chi connectivity index (χ2v) is 10.1. The summed E-state index contributed by atoms with van der Waals surface area (Å²) in [6, 6.07) is 15.1. The Bertz CT molecular complexity index is 957. The van der Waals surface area contributed by atoms with E-state index in [2.05, 4.69) is 43.2 Å². The fourth-order valence-corrected chi connectivity index (χ4v) is 4.66. The standard InChI is InChI=1S/C26H33N3O2S/c1-18(2)16-29(17-19(3)4)14-13-27-25(30)21-11-9-20(10-12-21)15-24-26(31)28-22-7-5-6-8-23(22)32-24/h5-12,15,18-19H,13-14,16-17H2,1-4H3,(H,27,30)(H,28,31)/b24-15+. The van der Waals surface area contributed by atoms with Crippen LogP contribution < -0.4 is 10.6 Å². The van der Waals surface area contributed by atoms with Crippen molar-refractivity contribution in [3.8, 4) is 0 Å². The number of fused-ring (bicyclic) bond motifs is 1. The highest BCUT2D eigenvalue weighted by molar-refractivity contribution is 8.04. The molecule has 0 spiro atoms. The van der Waals surface area contributed by atoms with E-state index in [-0.39, 0.29) is 11.8 Å². The van der Waals surface area contributed by atoms with Crippen molar-refractivity contribution in [1.82, 2.24) is 10.2 Å². The highest BCUT2D eigenvalue weighted by atomic mass is 32.2. The average molecular weight is 452 g/mol. The SMILES string of the molecule is CC(C)CN(CCNC(=O)c1ccc(/C=C2/Sc3ccccc3NC2=O)cc1)CC(C)C. The number of hydrogen-bond donors (Lipinski definition) is 2. The van der Waals surface area contributed by atoms with Gasteiger partial charge in [0.15, 0.2) is 0 Å². The van der Waals surface area contributed by atoms with Crippen molar-refractivity contribution in [2.45, 2.75) is 32.6 Å². The molecule has 1 aliphatic rings. The summed E-state index contributed by atoms with van der Waals surface area (Å²) in [6.45, 7) is 12.4. The van der Waals surface area contributed by atoms with Crippen LogP contribution >= 0.6 is 11.8 Å². The minimum absolute atomic E-state index is 0.0723. The quantitative estimate of drug-likeness (QED) is 0.520. The van der Waals surface area contributed by atoms with Crippen LogP contribution in [0.1, 0.15) is 43.6 Å². The molecule has 170 valence electrons. The topological polar surface area (TPSA) is 61.4 Å². The maximum Gasteiger partial charge on any atom is 0.262 e. The highest BCUT2D eigenvalue weighted by Crippen LogP contribution is 2.38. The lowest BCUT2D eigenvalue weighted by Gasteiger charge is -2.26. The van der Waals surface area contributed by atoms with E-state index in [1.165, 1.54) is 11.8 Å². The molecule has 1 aliphatic heterocycles. The summed E-state index contributed by atoms with van der Waals surface area (Å²) < 4.78 is 0. The van der Waals surface area contributed by atoms with E-state index >= 15 is 0 Å². The number of carbonyl (C=O) groups excluding carboxylic acids is 2. The van der Waals surface area contributed by atoms with Crippen molar-refractivity contribution < 1.29 is 9.59 Å². The molecule has 0 aliphatic carbocycles. The maximum atomic E-state index is 12.5. The molecular weight excluding hydrogens is 418 g/mol. The van der Waals surface area contributed by atoms with E-state index in [9.17, 15) is 9.59 Å². The third-order valence-electron chi connectivity index (χ3n) is 5.01. The summed E-state index contributed by atoms with van der Waals surface area (Å²) in [6.07, 6.45) is 1.85. The molecule has 6 heteroatoms. The summed E-state index contributed by atoms with van der Waals surface area (Å²) in [4.78, 5) is 29.0. The van der Waals surface area contributed by atoms with Gasteiger partial charge in [-0.2, -0.15) is 0 Å². The number of anilines is 1.